The van der Waals surface area contributed by atoms with Crippen molar-refractivity contribution in [2.75, 3.05) is 17.4 Å². The summed E-state index contributed by atoms with van der Waals surface area (Å²) in [7, 11) is -3.87. The molecule has 0 saturated carbocycles. The minimum atomic E-state index is -3.87. The molecule has 1 amide bonds. The molecule has 0 aromatic heterocycles. The molecule has 0 atom stereocenters. The zero-order valence-corrected chi connectivity index (χ0v) is 18.6. The maximum Gasteiger partial charge on any atom is 0.264 e. The van der Waals surface area contributed by atoms with Crippen molar-refractivity contribution < 1.29 is 13.2 Å². The Balaban J connectivity index is 1.75. The lowest BCUT2D eigenvalue weighted by atomic mass is 9.97. The Morgan fingerprint density at radius 3 is 2.55 bits per heavy atom. The minimum Gasteiger partial charge on any atom is -0.354 e. The van der Waals surface area contributed by atoms with Crippen molar-refractivity contribution in [3.63, 3.8) is 0 Å². The number of allylic oxidation sites excluding steroid dienone is 1. The number of sulfonamides is 1. The quantitative estimate of drug-likeness (QED) is 0.563. The van der Waals surface area contributed by atoms with E-state index in [0.717, 1.165) is 28.0 Å². The molecule has 0 bridgehead atoms. The number of rotatable bonds is 8. The van der Waals surface area contributed by atoms with E-state index in [-0.39, 0.29) is 17.3 Å². The number of benzene rings is 2. The first-order valence-electron chi connectivity index (χ1n) is 9.75. The number of halogens is 1. The highest BCUT2D eigenvalue weighted by atomic mass is 79.9. The first-order chi connectivity index (χ1) is 14.0. The molecule has 1 N–H and O–H groups in total. The molecule has 0 aliphatic heterocycles. The van der Waals surface area contributed by atoms with Crippen LogP contribution in [0.25, 0.3) is 0 Å². The summed E-state index contributed by atoms with van der Waals surface area (Å²) in [5, 5.41) is 2.87. The van der Waals surface area contributed by atoms with Crippen LogP contribution in [-0.4, -0.2) is 27.4 Å². The fraction of sp³-hybridized carbons (Fsp3) is 0.318. The molecule has 0 heterocycles. The molecule has 154 valence electrons. The second-order valence-electron chi connectivity index (χ2n) is 7.01. The largest absolute Gasteiger partial charge is 0.354 e. The molecular weight excluding hydrogens is 452 g/mol. The Morgan fingerprint density at radius 1 is 1.07 bits per heavy atom. The van der Waals surface area contributed by atoms with E-state index in [1.807, 2.05) is 6.07 Å². The van der Waals surface area contributed by atoms with Gasteiger partial charge in [0.2, 0.25) is 5.91 Å². The Bertz CT molecular complexity index is 975. The summed E-state index contributed by atoms with van der Waals surface area (Å²) in [5.74, 6) is -0.319. The van der Waals surface area contributed by atoms with Crippen LogP contribution < -0.4 is 9.62 Å². The van der Waals surface area contributed by atoms with Crippen LogP contribution in [-0.2, 0) is 14.8 Å². The predicted octanol–water partition coefficient (Wildman–Crippen LogP) is 4.65. The van der Waals surface area contributed by atoms with Gasteiger partial charge in [-0.1, -0.05) is 51.8 Å². The normalized spacial score (nSPS) is 14.2. The van der Waals surface area contributed by atoms with Gasteiger partial charge < -0.3 is 5.32 Å². The van der Waals surface area contributed by atoms with Gasteiger partial charge in [-0.25, -0.2) is 8.42 Å². The number of nitrogens with one attached hydrogen (secondary N) is 1. The molecule has 5 nitrogen and oxygen atoms in total. The summed E-state index contributed by atoms with van der Waals surface area (Å²) < 4.78 is 28.3. The standard InChI is InChI=1S/C22H25BrN2O3S/c23-19-10-7-11-20(16-19)25(29(27,28)21-12-5-2-6-13-21)17-22(26)24-15-14-18-8-3-1-4-9-18/h2,5-8,10-13,16H,1,3-4,9,14-15,17H2,(H,24,26). The van der Waals surface area contributed by atoms with E-state index in [2.05, 4.69) is 27.3 Å². The van der Waals surface area contributed by atoms with E-state index in [4.69, 9.17) is 0 Å². The SMILES string of the molecule is O=C(CN(c1cccc(Br)c1)S(=O)(=O)c1ccccc1)NCCC1=CCCCC1. The third kappa shape index (κ3) is 5.93. The number of hydrogen-bond acceptors (Lipinski definition) is 3. The van der Waals surface area contributed by atoms with Gasteiger partial charge in [0.05, 0.1) is 10.6 Å². The molecule has 7 heteroatoms. The van der Waals surface area contributed by atoms with Crippen molar-refractivity contribution in [2.45, 2.75) is 37.0 Å². The number of nitrogens with zero attached hydrogens (tertiary/aromatic N) is 1. The Hall–Kier alpha value is -2.12. The van der Waals surface area contributed by atoms with Crippen LogP contribution in [0.3, 0.4) is 0 Å². The summed E-state index contributed by atoms with van der Waals surface area (Å²) in [6, 6.07) is 15.1. The monoisotopic (exact) mass is 476 g/mol. The summed E-state index contributed by atoms with van der Waals surface area (Å²) in [5.41, 5.74) is 1.81. The maximum absolute atomic E-state index is 13.2. The molecule has 0 saturated heterocycles. The summed E-state index contributed by atoms with van der Waals surface area (Å²) in [6.45, 7) is 0.245. The second kappa shape index (κ2) is 10.1. The van der Waals surface area contributed by atoms with Crippen LogP contribution in [0.2, 0.25) is 0 Å². The van der Waals surface area contributed by atoms with Crippen LogP contribution >= 0.6 is 15.9 Å². The Morgan fingerprint density at radius 2 is 1.86 bits per heavy atom. The van der Waals surface area contributed by atoms with E-state index in [1.165, 1.54) is 30.5 Å². The molecular formula is C22H25BrN2O3S. The number of anilines is 1. The van der Waals surface area contributed by atoms with Crippen molar-refractivity contribution in [3.05, 3.63) is 70.7 Å². The van der Waals surface area contributed by atoms with E-state index in [9.17, 15) is 13.2 Å². The zero-order valence-electron chi connectivity index (χ0n) is 16.2. The van der Waals surface area contributed by atoms with Crippen molar-refractivity contribution in [2.24, 2.45) is 0 Å². The lowest BCUT2D eigenvalue weighted by Crippen LogP contribution is -2.41. The predicted molar refractivity (Wildman–Crippen MR) is 119 cm³/mol. The number of carbonyl (C=O) groups excluding carboxylic acids is 1. The van der Waals surface area contributed by atoms with Gasteiger partial charge in [0, 0.05) is 11.0 Å². The van der Waals surface area contributed by atoms with Gasteiger partial charge in [-0.2, -0.15) is 0 Å². The van der Waals surface area contributed by atoms with Gasteiger partial charge in [0.25, 0.3) is 10.0 Å². The fourth-order valence-electron chi connectivity index (χ4n) is 3.35. The third-order valence-electron chi connectivity index (χ3n) is 4.87. The maximum atomic E-state index is 13.2. The van der Waals surface area contributed by atoms with Crippen molar-refractivity contribution >= 4 is 37.5 Å². The fourth-order valence-corrected chi connectivity index (χ4v) is 5.17. The number of amides is 1. The molecule has 0 unspecified atom stereocenters. The van der Waals surface area contributed by atoms with Gasteiger partial charge in [0.15, 0.2) is 0 Å². The van der Waals surface area contributed by atoms with E-state index in [1.54, 1.807) is 36.4 Å². The molecule has 0 radical (unpaired) electrons. The second-order valence-corrected chi connectivity index (χ2v) is 9.79. The van der Waals surface area contributed by atoms with Crippen LogP contribution in [0.1, 0.15) is 32.1 Å². The molecule has 0 spiro atoms. The van der Waals surface area contributed by atoms with Gasteiger partial charge in [-0.15, -0.1) is 0 Å². The summed E-state index contributed by atoms with van der Waals surface area (Å²) in [6.07, 6.45) is 7.69. The van der Waals surface area contributed by atoms with Gasteiger partial charge >= 0.3 is 0 Å². The van der Waals surface area contributed by atoms with Gasteiger partial charge in [-0.05, 0) is 62.4 Å². The van der Waals surface area contributed by atoms with Gasteiger partial charge in [0.1, 0.15) is 6.54 Å². The molecule has 2 aromatic rings. The highest BCUT2D eigenvalue weighted by Crippen LogP contribution is 2.26. The number of hydrogen-bond donors (Lipinski definition) is 1. The first-order valence-corrected chi connectivity index (χ1v) is 12.0. The Labute approximate surface area is 181 Å². The molecule has 1 aliphatic carbocycles. The molecule has 29 heavy (non-hydrogen) atoms. The average molecular weight is 477 g/mol. The van der Waals surface area contributed by atoms with Crippen LogP contribution in [0, 0.1) is 0 Å². The minimum absolute atomic E-state index is 0.153. The lowest BCUT2D eigenvalue weighted by Gasteiger charge is -2.24. The molecule has 2 aromatic carbocycles. The van der Waals surface area contributed by atoms with Crippen LogP contribution in [0.15, 0.2) is 75.6 Å². The van der Waals surface area contributed by atoms with Crippen molar-refractivity contribution in [3.8, 4) is 0 Å². The Kier molecular flexibility index (Phi) is 7.50. The van der Waals surface area contributed by atoms with Crippen molar-refractivity contribution in [1.29, 1.82) is 0 Å². The molecule has 1 aliphatic rings. The average Bonchev–Trinajstić information content (AvgIpc) is 2.73. The lowest BCUT2D eigenvalue weighted by molar-refractivity contribution is -0.119. The summed E-state index contributed by atoms with van der Waals surface area (Å²) >= 11 is 3.38. The number of carbonyl (C=O) groups is 1. The topological polar surface area (TPSA) is 66.5 Å². The van der Waals surface area contributed by atoms with Crippen molar-refractivity contribution in [1.82, 2.24) is 5.32 Å². The van der Waals surface area contributed by atoms with Gasteiger partial charge in [-0.3, -0.25) is 9.10 Å². The van der Waals surface area contributed by atoms with Crippen LogP contribution in [0.5, 0.6) is 0 Å². The molecule has 0 fully saturated rings. The highest BCUT2D eigenvalue weighted by Gasteiger charge is 2.27. The first kappa shape index (κ1) is 21.6. The van der Waals surface area contributed by atoms with E-state index >= 15 is 0 Å². The smallest absolute Gasteiger partial charge is 0.264 e. The van der Waals surface area contributed by atoms with E-state index in [0.29, 0.717) is 12.2 Å². The van der Waals surface area contributed by atoms with E-state index < -0.39 is 10.0 Å². The molecule has 3 rings (SSSR count). The zero-order chi connectivity index (χ0) is 20.7. The summed E-state index contributed by atoms with van der Waals surface area (Å²) in [4.78, 5) is 12.7. The third-order valence-corrected chi connectivity index (χ3v) is 7.15. The van der Waals surface area contributed by atoms with Crippen LogP contribution in [0.4, 0.5) is 5.69 Å². The highest BCUT2D eigenvalue weighted by molar-refractivity contribution is 9.10.